The number of rotatable bonds is 5. The zero-order valence-corrected chi connectivity index (χ0v) is 19.6. The normalized spacial score (nSPS) is 18.6. The third kappa shape index (κ3) is 7.42. The Morgan fingerprint density at radius 2 is 1.17 bits per heavy atom. The Balaban J connectivity index is 0.000000437. The zero-order valence-electron chi connectivity index (χ0n) is 17.5. The van der Waals surface area contributed by atoms with Gasteiger partial charge in [0.15, 0.2) is 0 Å². The Labute approximate surface area is 191 Å². The van der Waals surface area contributed by atoms with Crippen molar-refractivity contribution in [2.45, 2.75) is 32.0 Å². The summed E-state index contributed by atoms with van der Waals surface area (Å²) in [6.07, 6.45) is 18.0. The molecule has 0 aliphatic heterocycles. The smallest absolute Gasteiger partial charge is 0.0691 e. The van der Waals surface area contributed by atoms with Gasteiger partial charge in [-0.15, -0.1) is 0 Å². The van der Waals surface area contributed by atoms with Gasteiger partial charge >= 0.3 is 17.1 Å². The van der Waals surface area contributed by atoms with E-state index in [1.165, 1.54) is 17.0 Å². The van der Waals surface area contributed by atoms with E-state index in [0.717, 1.165) is 6.42 Å². The average molecular weight is 438 g/mol. The van der Waals surface area contributed by atoms with E-state index >= 15 is 0 Å². The fraction of sp³-hybridized carbons (Fsp3) is 0.185. The maximum atomic E-state index is 2.44. The maximum Gasteiger partial charge on any atom is 2.00 e. The molecule has 10 radical (unpaired) electrons. The summed E-state index contributed by atoms with van der Waals surface area (Å²) in [5.74, 6) is 1.97. The number of hydrogen-bond donors (Lipinski definition) is 0. The second-order valence-corrected chi connectivity index (χ2v) is 13.3. The minimum atomic E-state index is -1.34. The molecule has 0 spiro atoms. The molecular formula is C27H30FeSi+2. The average Bonchev–Trinajstić information content (AvgIpc) is 3.42. The van der Waals surface area contributed by atoms with Crippen LogP contribution in [0, 0.1) is 62.8 Å². The Hall–Kier alpha value is -0.824. The van der Waals surface area contributed by atoms with Gasteiger partial charge in [0.1, 0.15) is 0 Å². The van der Waals surface area contributed by atoms with Crippen molar-refractivity contribution < 1.29 is 17.1 Å². The summed E-state index contributed by atoms with van der Waals surface area (Å²) in [6.45, 7) is 7.32. The van der Waals surface area contributed by atoms with Crippen molar-refractivity contribution in [3.05, 3.63) is 135 Å². The molecule has 0 aromatic heterocycles. The van der Waals surface area contributed by atoms with Crippen LogP contribution in [0.5, 0.6) is 0 Å². The molecular weight excluding hydrogens is 408 g/mol. The van der Waals surface area contributed by atoms with Crippen molar-refractivity contribution in [1.82, 2.24) is 0 Å². The fourth-order valence-corrected chi connectivity index (χ4v) is 5.40. The Kier molecular flexibility index (Phi) is 10.2. The molecule has 1 atom stereocenters. The van der Waals surface area contributed by atoms with Gasteiger partial charge in [-0.1, -0.05) is 80.3 Å². The zero-order chi connectivity index (χ0) is 19.8. The summed E-state index contributed by atoms with van der Waals surface area (Å²) < 4.78 is 0. The quantitative estimate of drug-likeness (QED) is 0.457. The van der Waals surface area contributed by atoms with E-state index in [2.05, 4.69) is 99.6 Å². The van der Waals surface area contributed by atoms with E-state index < -0.39 is 8.07 Å². The molecule has 2 aliphatic rings. The van der Waals surface area contributed by atoms with Gasteiger partial charge in [0.25, 0.3) is 0 Å². The predicted molar refractivity (Wildman–Crippen MR) is 124 cm³/mol. The first-order chi connectivity index (χ1) is 13.6. The van der Waals surface area contributed by atoms with Gasteiger partial charge in [0.2, 0.25) is 0 Å². The van der Waals surface area contributed by atoms with Crippen LogP contribution in [0.2, 0.25) is 19.6 Å². The van der Waals surface area contributed by atoms with Gasteiger partial charge < -0.3 is 0 Å². The Bertz CT molecular complexity index is 665. The van der Waals surface area contributed by atoms with Crippen LogP contribution < -0.4 is 0 Å². The predicted octanol–water partition coefficient (Wildman–Crippen LogP) is 6.68. The SMILES string of the molecule is C[Si](C)(C)[C]1[CH][CH][CH][C]1[C@H](Cc1ccccc1)c1ccccc1.[CH]1[CH][CH][CH][CH]1.[Fe+2]. The summed E-state index contributed by atoms with van der Waals surface area (Å²) in [5.41, 5.74) is 4.42. The summed E-state index contributed by atoms with van der Waals surface area (Å²) in [4.78, 5) is 0. The van der Waals surface area contributed by atoms with Crippen molar-refractivity contribution in [3.63, 3.8) is 0 Å². The molecule has 2 heteroatoms. The molecule has 4 rings (SSSR count). The molecule has 0 heterocycles. The summed E-state index contributed by atoms with van der Waals surface area (Å²) in [6, 6.07) is 21.8. The first kappa shape index (κ1) is 24.4. The maximum absolute atomic E-state index is 2.44. The van der Waals surface area contributed by atoms with Crippen molar-refractivity contribution in [3.8, 4) is 0 Å². The third-order valence-electron chi connectivity index (χ3n) is 5.07. The number of benzene rings is 2. The summed E-state index contributed by atoms with van der Waals surface area (Å²) in [5, 5.41) is 0. The van der Waals surface area contributed by atoms with E-state index in [4.69, 9.17) is 0 Å². The van der Waals surface area contributed by atoms with Crippen LogP contribution in [0.25, 0.3) is 0 Å². The van der Waals surface area contributed by atoms with Gasteiger partial charge in [0.05, 0.1) is 8.07 Å². The van der Waals surface area contributed by atoms with Crippen LogP contribution in [-0.4, -0.2) is 8.07 Å². The van der Waals surface area contributed by atoms with E-state index in [1.807, 2.05) is 32.1 Å². The van der Waals surface area contributed by atoms with Crippen LogP contribution in [0.4, 0.5) is 0 Å². The molecule has 2 aromatic rings. The minimum Gasteiger partial charge on any atom is -0.0691 e. The van der Waals surface area contributed by atoms with Gasteiger partial charge in [-0.2, -0.15) is 0 Å². The molecule has 0 saturated heterocycles. The second-order valence-electron chi connectivity index (χ2n) is 8.26. The topological polar surface area (TPSA) is 0 Å². The minimum absolute atomic E-state index is 0. The molecule has 29 heavy (non-hydrogen) atoms. The summed E-state index contributed by atoms with van der Waals surface area (Å²) in [7, 11) is -1.34. The molecule has 0 nitrogen and oxygen atoms in total. The van der Waals surface area contributed by atoms with Crippen LogP contribution in [0.1, 0.15) is 17.0 Å². The van der Waals surface area contributed by atoms with Crippen LogP contribution in [0.15, 0.2) is 60.7 Å². The number of hydrogen-bond acceptors (Lipinski definition) is 0. The molecule has 2 aromatic carbocycles. The monoisotopic (exact) mass is 438 g/mol. The van der Waals surface area contributed by atoms with E-state index in [9.17, 15) is 0 Å². The largest absolute Gasteiger partial charge is 2.00 e. The molecule has 0 amide bonds. The van der Waals surface area contributed by atoms with E-state index in [-0.39, 0.29) is 17.1 Å². The molecule has 2 saturated carbocycles. The van der Waals surface area contributed by atoms with E-state index in [0.29, 0.717) is 5.92 Å². The first-order valence-corrected chi connectivity index (χ1v) is 13.6. The molecule has 2 fully saturated rings. The van der Waals surface area contributed by atoms with Gasteiger partial charge in [-0.3, -0.25) is 0 Å². The van der Waals surface area contributed by atoms with Gasteiger partial charge in [-0.25, -0.2) is 0 Å². The van der Waals surface area contributed by atoms with Gasteiger partial charge in [0, 0.05) is 0 Å². The third-order valence-corrected chi connectivity index (χ3v) is 7.14. The Morgan fingerprint density at radius 3 is 1.69 bits per heavy atom. The molecule has 148 valence electrons. The fourth-order valence-electron chi connectivity index (χ4n) is 3.68. The van der Waals surface area contributed by atoms with Crippen molar-refractivity contribution in [2.75, 3.05) is 0 Å². The van der Waals surface area contributed by atoms with Crippen molar-refractivity contribution in [1.29, 1.82) is 0 Å². The molecule has 2 aliphatic carbocycles. The summed E-state index contributed by atoms with van der Waals surface area (Å²) >= 11 is 0. The molecule has 0 N–H and O–H groups in total. The second kappa shape index (κ2) is 12.1. The van der Waals surface area contributed by atoms with Crippen molar-refractivity contribution in [2.24, 2.45) is 0 Å². The van der Waals surface area contributed by atoms with Crippen LogP contribution in [0.3, 0.4) is 0 Å². The molecule has 0 unspecified atom stereocenters. The molecule has 0 bridgehead atoms. The van der Waals surface area contributed by atoms with Crippen LogP contribution in [-0.2, 0) is 23.5 Å². The Morgan fingerprint density at radius 1 is 0.655 bits per heavy atom. The standard InChI is InChI=1S/C22H25Si.C5H5.Fe/c1-23(2,3)22-16-10-15-20(22)21(19-13-8-5-9-14-19)17-18-11-6-4-7-12-18;1-2-4-5-3-1;/h4-16,21H,17H2,1-3H3;1-5H;/q;;+2/t21-;;/m1../s1. The van der Waals surface area contributed by atoms with Crippen LogP contribution >= 0.6 is 0 Å². The van der Waals surface area contributed by atoms with Crippen molar-refractivity contribution >= 4 is 8.07 Å². The van der Waals surface area contributed by atoms with E-state index in [1.54, 1.807) is 5.54 Å². The van der Waals surface area contributed by atoms with Gasteiger partial charge in [-0.05, 0) is 86.3 Å². The first-order valence-electron chi connectivity index (χ1n) is 10.1.